The van der Waals surface area contributed by atoms with Crippen molar-refractivity contribution < 1.29 is 14.2 Å². The molecule has 1 aromatic carbocycles. The van der Waals surface area contributed by atoms with Gasteiger partial charge in [-0.05, 0) is 42.5 Å². The van der Waals surface area contributed by atoms with Gasteiger partial charge in [0.15, 0.2) is 0 Å². The Labute approximate surface area is 120 Å². The molecule has 3 heteroatoms. The fourth-order valence-electron chi connectivity index (χ4n) is 2.55. The largest absolute Gasteiger partial charge is 0.395 e. The fraction of sp³-hybridized carbons (Fsp3) is 0.529. The summed E-state index contributed by atoms with van der Waals surface area (Å²) in [5.74, 6) is 6.03. The second-order valence-electron chi connectivity index (χ2n) is 5.29. The predicted octanol–water partition coefficient (Wildman–Crippen LogP) is 3.27. The number of rotatable bonds is 5. The van der Waals surface area contributed by atoms with Crippen molar-refractivity contribution in [3.8, 4) is 11.8 Å². The Hall–Kier alpha value is -1.37. The molecule has 0 atom stereocenters. The highest BCUT2D eigenvalue weighted by Gasteiger charge is 2.14. The molecular formula is C17H21FO2. The van der Waals surface area contributed by atoms with Gasteiger partial charge in [0.05, 0.1) is 13.2 Å². The Morgan fingerprint density at radius 3 is 2.80 bits per heavy atom. The van der Waals surface area contributed by atoms with Crippen LogP contribution in [0.1, 0.15) is 43.2 Å². The quantitative estimate of drug-likeness (QED) is 0.836. The lowest BCUT2D eigenvalue weighted by molar-refractivity contribution is 0.0887. The number of halogens is 1. The van der Waals surface area contributed by atoms with E-state index in [2.05, 4.69) is 11.8 Å². The first-order chi connectivity index (χ1) is 9.78. The lowest BCUT2D eigenvalue weighted by Crippen LogP contribution is -2.05. The summed E-state index contributed by atoms with van der Waals surface area (Å²) in [7, 11) is 0. The molecule has 20 heavy (non-hydrogen) atoms. The molecule has 1 saturated carbocycles. The van der Waals surface area contributed by atoms with Crippen LogP contribution in [0.25, 0.3) is 0 Å². The molecule has 1 aromatic rings. The van der Waals surface area contributed by atoms with E-state index in [1.807, 2.05) is 6.07 Å². The zero-order valence-corrected chi connectivity index (χ0v) is 11.7. The minimum Gasteiger partial charge on any atom is -0.395 e. The summed E-state index contributed by atoms with van der Waals surface area (Å²) in [4.78, 5) is 0. The van der Waals surface area contributed by atoms with E-state index in [0.29, 0.717) is 24.5 Å². The van der Waals surface area contributed by atoms with E-state index < -0.39 is 0 Å². The molecule has 0 spiro atoms. The molecule has 0 saturated heterocycles. The summed E-state index contributed by atoms with van der Waals surface area (Å²) in [6.45, 7) is 1.23. The Morgan fingerprint density at radius 1 is 1.25 bits per heavy atom. The van der Waals surface area contributed by atoms with Crippen LogP contribution in [0.2, 0.25) is 0 Å². The van der Waals surface area contributed by atoms with Gasteiger partial charge in [-0.2, -0.15) is 0 Å². The minimum atomic E-state index is -0.291. The second-order valence-corrected chi connectivity index (χ2v) is 5.29. The van der Waals surface area contributed by atoms with Crippen molar-refractivity contribution in [1.82, 2.24) is 0 Å². The average molecular weight is 276 g/mol. The zero-order valence-electron chi connectivity index (χ0n) is 11.7. The van der Waals surface area contributed by atoms with Crippen molar-refractivity contribution in [2.45, 2.75) is 38.7 Å². The molecule has 1 N–H and O–H groups in total. The van der Waals surface area contributed by atoms with Gasteiger partial charge in [-0.15, -0.1) is 0 Å². The van der Waals surface area contributed by atoms with E-state index in [1.165, 1.54) is 37.8 Å². The van der Waals surface area contributed by atoms with Gasteiger partial charge in [-0.1, -0.05) is 24.7 Å². The summed E-state index contributed by atoms with van der Waals surface area (Å²) in [6, 6.07) is 4.75. The maximum absolute atomic E-state index is 13.5. The number of hydrogen-bond donors (Lipinski definition) is 1. The van der Waals surface area contributed by atoms with Crippen LogP contribution in [0.15, 0.2) is 18.2 Å². The highest BCUT2D eigenvalue weighted by atomic mass is 19.1. The molecule has 2 rings (SSSR count). The number of ether oxygens (including phenoxy) is 1. The molecule has 0 amide bonds. The topological polar surface area (TPSA) is 29.5 Å². The number of hydrogen-bond acceptors (Lipinski definition) is 2. The van der Waals surface area contributed by atoms with Crippen LogP contribution in [-0.4, -0.2) is 18.3 Å². The molecule has 108 valence electrons. The van der Waals surface area contributed by atoms with Crippen molar-refractivity contribution in [3.05, 3.63) is 35.1 Å². The minimum absolute atomic E-state index is 0.0275. The van der Waals surface area contributed by atoms with Gasteiger partial charge in [0.1, 0.15) is 5.82 Å². The predicted molar refractivity (Wildman–Crippen MR) is 76.6 cm³/mol. The Kier molecular flexibility index (Phi) is 6.04. The molecule has 1 fully saturated rings. The average Bonchev–Trinajstić information content (AvgIpc) is 2.92. The summed E-state index contributed by atoms with van der Waals surface area (Å²) in [6.07, 6.45) is 5.52. The normalized spacial score (nSPS) is 15.1. The summed E-state index contributed by atoms with van der Waals surface area (Å²) < 4.78 is 19.2. The SMILES string of the molecule is OCCC#Cc1cc(F)cc(COCC2CCCC2)c1. The Bertz CT molecular complexity index is 481. The van der Waals surface area contributed by atoms with Gasteiger partial charge in [-0.3, -0.25) is 0 Å². The smallest absolute Gasteiger partial charge is 0.124 e. The first-order valence-corrected chi connectivity index (χ1v) is 7.25. The molecule has 0 aromatic heterocycles. The van der Waals surface area contributed by atoms with Gasteiger partial charge >= 0.3 is 0 Å². The van der Waals surface area contributed by atoms with E-state index in [-0.39, 0.29) is 12.4 Å². The van der Waals surface area contributed by atoms with Crippen LogP contribution in [0.5, 0.6) is 0 Å². The molecule has 0 bridgehead atoms. The third-order valence-corrected chi connectivity index (χ3v) is 3.52. The maximum atomic E-state index is 13.5. The van der Waals surface area contributed by atoms with Crippen molar-refractivity contribution in [3.63, 3.8) is 0 Å². The van der Waals surface area contributed by atoms with Gasteiger partial charge < -0.3 is 9.84 Å². The van der Waals surface area contributed by atoms with Gasteiger partial charge in [0.2, 0.25) is 0 Å². The summed E-state index contributed by atoms with van der Waals surface area (Å²) >= 11 is 0. The van der Waals surface area contributed by atoms with Crippen LogP contribution in [0.4, 0.5) is 4.39 Å². The van der Waals surface area contributed by atoms with E-state index in [9.17, 15) is 4.39 Å². The Morgan fingerprint density at radius 2 is 2.05 bits per heavy atom. The van der Waals surface area contributed by atoms with Crippen molar-refractivity contribution in [1.29, 1.82) is 0 Å². The standard InChI is InChI=1S/C17H21FO2/c18-17-10-15(7-3-4-8-19)9-16(11-17)13-20-12-14-5-1-2-6-14/h9-11,14,19H,1-2,4-6,8,12-13H2. The van der Waals surface area contributed by atoms with E-state index in [1.54, 1.807) is 0 Å². The van der Waals surface area contributed by atoms with Crippen molar-refractivity contribution in [2.75, 3.05) is 13.2 Å². The zero-order chi connectivity index (χ0) is 14.2. The van der Waals surface area contributed by atoms with Crippen LogP contribution in [-0.2, 0) is 11.3 Å². The molecule has 1 aliphatic rings. The maximum Gasteiger partial charge on any atom is 0.124 e. The van der Waals surface area contributed by atoms with Crippen LogP contribution in [0.3, 0.4) is 0 Å². The third-order valence-electron chi connectivity index (χ3n) is 3.52. The molecule has 1 aliphatic carbocycles. The van der Waals surface area contributed by atoms with Crippen molar-refractivity contribution >= 4 is 0 Å². The van der Waals surface area contributed by atoms with E-state index in [4.69, 9.17) is 9.84 Å². The fourth-order valence-corrected chi connectivity index (χ4v) is 2.55. The van der Waals surface area contributed by atoms with Gasteiger partial charge in [-0.25, -0.2) is 4.39 Å². The second kappa shape index (κ2) is 8.04. The van der Waals surface area contributed by atoms with Crippen molar-refractivity contribution in [2.24, 2.45) is 5.92 Å². The monoisotopic (exact) mass is 276 g/mol. The number of aliphatic hydroxyl groups is 1. The summed E-state index contributed by atoms with van der Waals surface area (Å²) in [5.41, 5.74) is 1.45. The number of benzene rings is 1. The van der Waals surface area contributed by atoms with Crippen LogP contribution in [0, 0.1) is 23.6 Å². The number of aliphatic hydroxyl groups excluding tert-OH is 1. The van der Waals surface area contributed by atoms with Gasteiger partial charge in [0, 0.05) is 18.6 Å². The van der Waals surface area contributed by atoms with Crippen LogP contribution < -0.4 is 0 Å². The lowest BCUT2D eigenvalue weighted by atomic mass is 10.1. The Balaban J connectivity index is 1.88. The molecule has 2 nitrogen and oxygen atoms in total. The summed E-state index contributed by atoms with van der Waals surface area (Å²) in [5, 5.41) is 8.68. The van der Waals surface area contributed by atoms with E-state index >= 15 is 0 Å². The molecule has 0 aliphatic heterocycles. The third kappa shape index (κ3) is 4.96. The first-order valence-electron chi connectivity index (χ1n) is 7.25. The highest BCUT2D eigenvalue weighted by Crippen LogP contribution is 2.25. The lowest BCUT2D eigenvalue weighted by Gasteiger charge is -2.10. The molecule has 0 heterocycles. The molecule has 0 unspecified atom stereocenters. The first kappa shape index (κ1) is 15.0. The van der Waals surface area contributed by atoms with Crippen LogP contribution >= 0.6 is 0 Å². The highest BCUT2D eigenvalue weighted by molar-refractivity contribution is 5.37. The molecular weight excluding hydrogens is 255 g/mol. The van der Waals surface area contributed by atoms with E-state index in [0.717, 1.165) is 12.2 Å². The molecule has 0 radical (unpaired) electrons. The van der Waals surface area contributed by atoms with Gasteiger partial charge in [0.25, 0.3) is 0 Å².